The van der Waals surface area contributed by atoms with Crippen molar-refractivity contribution in [1.82, 2.24) is 0 Å². The van der Waals surface area contributed by atoms with Gasteiger partial charge in [0.2, 0.25) is 0 Å². The van der Waals surface area contributed by atoms with Crippen molar-refractivity contribution in [2.45, 2.75) is 181 Å². The van der Waals surface area contributed by atoms with Gasteiger partial charge >= 0.3 is 17.9 Å². The highest BCUT2D eigenvalue weighted by molar-refractivity contribution is 5.72. The minimum atomic E-state index is -0.826. The quantitative estimate of drug-likeness (QED) is 0.0206. The van der Waals surface area contributed by atoms with E-state index in [1.165, 1.54) is 32.1 Å². The summed E-state index contributed by atoms with van der Waals surface area (Å²) in [4.78, 5) is 37.5. The van der Waals surface area contributed by atoms with E-state index >= 15 is 0 Å². The first kappa shape index (κ1) is 51.3. The van der Waals surface area contributed by atoms with Crippen LogP contribution < -0.4 is 0 Å². The second-order valence-electron chi connectivity index (χ2n) is 14.0. The third-order valence-corrected chi connectivity index (χ3v) is 8.67. The lowest BCUT2D eigenvalue weighted by Gasteiger charge is -2.18. The standard InChI is InChI=1S/C49H78O6/c1-4-7-10-13-16-19-21-22-23-24-25-26-27-28-31-33-36-39-42-48(51)54-45-46(44-53-47(50)41-38-35-32-29-18-15-12-9-6-3)55-49(52)43-40-37-34-30-20-17-14-11-8-5-2/h9,12,14,16-19,21-26,29,35,38,46H,4-8,10-11,13,15,20,27-28,30-34,36-37,39-45H2,1-3H3/b12-9-,17-14-,19-16-,22-21-,24-23-,26-25-,29-18-,38-35-. The van der Waals surface area contributed by atoms with Crippen LogP contribution in [0, 0.1) is 0 Å². The maximum absolute atomic E-state index is 12.6. The SMILES string of the molecule is CC/C=C\C/C=C\C/C=C\CC(=O)OCC(COC(=O)CCCCCCC\C=C/C=C\C=C/C=C\CCCCC)OC(=O)CCCCCC/C=C\CCCC. The summed E-state index contributed by atoms with van der Waals surface area (Å²) in [7, 11) is 0. The van der Waals surface area contributed by atoms with E-state index in [1.807, 2.05) is 6.08 Å². The molecule has 55 heavy (non-hydrogen) atoms. The third-order valence-electron chi connectivity index (χ3n) is 8.67. The zero-order valence-electron chi connectivity index (χ0n) is 35.1. The Morgan fingerprint density at radius 3 is 1.47 bits per heavy atom. The topological polar surface area (TPSA) is 78.9 Å². The number of esters is 3. The number of carbonyl (C=O) groups is 3. The smallest absolute Gasteiger partial charge is 0.309 e. The molecule has 310 valence electrons. The van der Waals surface area contributed by atoms with E-state index < -0.39 is 12.1 Å². The summed E-state index contributed by atoms with van der Waals surface area (Å²) in [6, 6.07) is 0. The van der Waals surface area contributed by atoms with Crippen LogP contribution in [0.4, 0.5) is 0 Å². The van der Waals surface area contributed by atoms with Crippen molar-refractivity contribution in [1.29, 1.82) is 0 Å². The van der Waals surface area contributed by atoms with Gasteiger partial charge in [-0.2, -0.15) is 0 Å². The molecule has 0 spiro atoms. The Labute approximate surface area is 337 Å². The van der Waals surface area contributed by atoms with E-state index in [4.69, 9.17) is 14.2 Å². The Hall–Kier alpha value is -3.67. The highest BCUT2D eigenvalue weighted by Gasteiger charge is 2.19. The van der Waals surface area contributed by atoms with Crippen molar-refractivity contribution >= 4 is 17.9 Å². The predicted octanol–water partition coefficient (Wildman–Crippen LogP) is 13.9. The molecular weight excluding hydrogens is 685 g/mol. The van der Waals surface area contributed by atoms with Crippen LogP contribution in [0.3, 0.4) is 0 Å². The summed E-state index contributed by atoms with van der Waals surface area (Å²) < 4.78 is 16.5. The summed E-state index contributed by atoms with van der Waals surface area (Å²) in [5.41, 5.74) is 0. The Kier molecular flexibility index (Phi) is 40.2. The van der Waals surface area contributed by atoms with Crippen molar-refractivity contribution < 1.29 is 28.6 Å². The minimum Gasteiger partial charge on any atom is -0.462 e. The Balaban J connectivity index is 4.47. The van der Waals surface area contributed by atoms with Crippen molar-refractivity contribution in [3.63, 3.8) is 0 Å². The van der Waals surface area contributed by atoms with Gasteiger partial charge in [-0.3, -0.25) is 14.4 Å². The molecule has 0 saturated carbocycles. The van der Waals surface area contributed by atoms with Gasteiger partial charge in [0, 0.05) is 12.8 Å². The molecule has 6 heteroatoms. The second-order valence-corrected chi connectivity index (χ2v) is 14.0. The van der Waals surface area contributed by atoms with Crippen LogP contribution in [0.25, 0.3) is 0 Å². The Morgan fingerprint density at radius 1 is 0.418 bits per heavy atom. The number of allylic oxidation sites excluding steroid dienone is 15. The van der Waals surface area contributed by atoms with Crippen LogP contribution in [0.1, 0.15) is 175 Å². The first-order chi connectivity index (χ1) is 27.0. The maximum atomic E-state index is 12.6. The van der Waals surface area contributed by atoms with Gasteiger partial charge in [-0.1, -0.05) is 176 Å². The van der Waals surface area contributed by atoms with Gasteiger partial charge in [-0.05, 0) is 77.0 Å². The lowest BCUT2D eigenvalue weighted by Crippen LogP contribution is -2.30. The van der Waals surface area contributed by atoms with E-state index in [-0.39, 0.29) is 38.0 Å². The largest absolute Gasteiger partial charge is 0.462 e. The molecule has 0 rings (SSSR count). The minimum absolute atomic E-state index is 0.123. The Morgan fingerprint density at radius 2 is 0.873 bits per heavy atom. The lowest BCUT2D eigenvalue weighted by molar-refractivity contribution is -0.166. The molecular formula is C49H78O6. The van der Waals surface area contributed by atoms with Gasteiger partial charge in [0.1, 0.15) is 13.2 Å². The fourth-order valence-electron chi connectivity index (χ4n) is 5.38. The van der Waals surface area contributed by atoms with Crippen molar-refractivity contribution in [3.05, 3.63) is 97.2 Å². The molecule has 0 aromatic rings. The first-order valence-electron chi connectivity index (χ1n) is 21.8. The number of hydrogen-bond donors (Lipinski definition) is 0. The summed E-state index contributed by atoms with van der Waals surface area (Å²) in [6.07, 6.45) is 55.7. The van der Waals surface area contributed by atoms with Crippen LogP contribution in [0.15, 0.2) is 97.2 Å². The molecule has 0 heterocycles. The lowest BCUT2D eigenvalue weighted by atomic mass is 10.1. The van der Waals surface area contributed by atoms with Gasteiger partial charge < -0.3 is 14.2 Å². The number of rotatable bonds is 37. The van der Waals surface area contributed by atoms with Crippen molar-refractivity contribution in [2.75, 3.05) is 13.2 Å². The Bertz CT molecular complexity index is 1150. The molecule has 0 aromatic heterocycles. The molecule has 0 aliphatic rings. The zero-order chi connectivity index (χ0) is 40.1. The van der Waals surface area contributed by atoms with Crippen LogP contribution in [-0.2, 0) is 28.6 Å². The van der Waals surface area contributed by atoms with E-state index in [0.29, 0.717) is 6.42 Å². The van der Waals surface area contributed by atoms with E-state index in [9.17, 15) is 14.4 Å². The predicted molar refractivity (Wildman–Crippen MR) is 233 cm³/mol. The highest BCUT2D eigenvalue weighted by atomic mass is 16.6. The van der Waals surface area contributed by atoms with Gasteiger partial charge in [-0.15, -0.1) is 0 Å². The molecule has 1 unspecified atom stereocenters. The molecule has 0 saturated heterocycles. The van der Waals surface area contributed by atoms with E-state index in [1.54, 1.807) is 6.08 Å². The molecule has 0 N–H and O–H groups in total. The van der Waals surface area contributed by atoms with Gasteiger partial charge in [0.05, 0.1) is 6.42 Å². The monoisotopic (exact) mass is 763 g/mol. The van der Waals surface area contributed by atoms with Crippen LogP contribution in [0.5, 0.6) is 0 Å². The van der Waals surface area contributed by atoms with Gasteiger partial charge in [0.15, 0.2) is 6.10 Å². The molecule has 6 nitrogen and oxygen atoms in total. The maximum Gasteiger partial charge on any atom is 0.309 e. The second kappa shape index (κ2) is 43.1. The molecule has 0 aliphatic carbocycles. The summed E-state index contributed by atoms with van der Waals surface area (Å²) in [5.74, 6) is -1.10. The fourth-order valence-corrected chi connectivity index (χ4v) is 5.38. The normalized spacial score (nSPS) is 13.0. The first-order valence-corrected chi connectivity index (χ1v) is 21.8. The number of carbonyl (C=O) groups excluding carboxylic acids is 3. The molecule has 1 atom stereocenters. The third kappa shape index (κ3) is 41.3. The zero-order valence-corrected chi connectivity index (χ0v) is 35.1. The van der Waals surface area contributed by atoms with Crippen LogP contribution in [-0.4, -0.2) is 37.2 Å². The van der Waals surface area contributed by atoms with Crippen molar-refractivity contribution in [3.8, 4) is 0 Å². The molecule has 0 bridgehead atoms. The fraction of sp³-hybridized carbons (Fsp3) is 0.612. The van der Waals surface area contributed by atoms with Crippen LogP contribution in [0.2, 0.25) is 0 Å². The summed E-state index contributed by atoms with van der Waals surface area (Å²) in [5, 5.41) is 0. The number of ether oxygens (including phenoxy) is 3. The number of unbranched alkanes of at least 4 members (excludes halogenated alkanes) is 14. The molecule has 0 amide bonds. The van der Waals surface area contributed by atoms with E-state index in [2.05, 4.69) is 106 Å². The van der Waals surface area contributed by atoms with Gasteiger partial charge in [0.25, 0.3) is 0 Å². The highest BCUT2D eigenvalue weighted by Crippen LogP contribution is 2.11. The molecule has 0 aromatic carbocycles. The average molecular weight is 763 g/mol. The van der Waals surface area contributed by atoms with Crippen molar-refractivity contribution in [2.24, 2.45) is 0 Å². The van der Waals surface area contributed by atoms with Crippen LogP contribution >= 0.6 is 0 Å². The van der Waals surface area contributed by atoms with Gasteiger partial charge in [-0.25, -0.2) is 0 Å². The number of hydrogen-bond acceptors (Lipinski definition) is 6. The average Bonchev–Trinajstić information content (AvgIpc) is 3.18. The molecule has 0 radical (unpaired) electrons. The summed E-state index contributed by atoms with van der Waals surface area (Å²) in [6.45, 7) is 6.27. The summed E-state index contributed by atoms with van der Waals surface area (Å²) >= 11 is 0. The van der Waals surface area contributed by atoms with E-state index in [0.717, 1.165) is 103 Å². The molecule has 0 fully saturated rings. The molecule has 0 aliphatic heterocycles.